The molecule has 0 amide bonds. The Kier molecular flexibility index (Phi) is 6.46. The molecule has 2 aromatic rings. The van der Waals surface area contributed by atoms with Crippen LogP contribution in [0.1, 0.15) is 12.8 Å². The van der Waals surface area contributed by atoms with Crippen molar-refractivity contribution in [3.8, 4) is 17.6 Å². The van der Waals surface area contributed by atoms with Crippen LogP contribution in [0.5, 0.6) is 17.6 Å². The van der Waals surface area contributed by atoms with Crippen LogP contribution in [-0.2, 0) is 10.0 Å². The van der Waals surface area contributed by atoms with Crippen LogP contribution >= 0.6 is 0 Å². The molecule has 1 aromatic heterocycles. The lowest BCUT2D eigenvalue weighted by molar-refractivity contribution is 0.128. The van der Waals surface area contributed by atoms with Crippen LogP contribution in [0.3, 0.4) is 0 Å². The topological polar surface area (TPSA) is 90.9 Å². The quantitative estimate of drug-likeness (QED) is 0.675. The number of para-hydroxylation sites is 1. The van der Waals surface area contributed by atoms with Crippen LogP contribution in [0.4, 0.5) is 0 Å². The molecule has 3 rings (SSSR count). The summed E-state index contributed by atoms with van der Waals surface area (Å²) in [6.07, 6.45) is 2.68. The zero-order chi connectivity index (χ0) is 19.1. The zero-order valence-corrected chi connectivity index (χ0v) is 16.0. The van der Waals surface area contributed by atoms with Crippen LogP contribution in [0.25, 0.3) is 0 Å². The number of methoxy groups -OCH3 is 1. The number of rotatable bonds is 8. The van der Waals surface area contributed by atoms with Gasteiger partial charge < -0.3 is 14.2 Å². The first-order chi connectivity index (χ1) is 13.1. The molecule has 146 valence electrons. The molecule has 0 radical (unpaired) electrons. The summed E-state index contributed by atoms with van der Waals surface area (Å²) in [5, 5.41) is 0. The predicted molar refractivity (Wildman–Crippen MR) is 99.5 cm³/mol. The third kappa shape index (κ3) is 5.54. The van der Waals surface area contributed by atoms with Gasteiger partial charge in [0.05, 0.1) is 12.9 Å². The van der Waals surface area contributed by atoms with Gasteiger partial charge in [-0.15, -0.1) is 0 Å². The standard InChI is InChI=1S/C18H23N3O5S/c1-24-18-19-10-7-17(20-18)26-16-8-11-21(12-9-16)27(22,23)14-13-25-15-5-3-2-4-6-15/h2-7,10,16H,8-9,11-14H2,1H3. The van der Waals surface area contributed by atoms with Crippen molar-refractivity contribution in [3.63, 3.8) is 0 Å². The summed E-state index contributed by atoms with van der Waals surface area (Å²) < 4.78 is 42.8. The van der Waals surface area contributed by atoms with E-state index in [0.717, 1.165) is 0 Å². The van der Waals surface area contributed by atoms with Gasteiger partial charge in [0.1, 0.15) is 18.5 Å². The molecule has 0 N–H and O–H groups in total. The van der Waals surface area contributed by atoms with Crippen LogP contribution in [0.2, 0.25) is 0 Å². The Morgan fingerprint density at radius 3 is 2.59 bits per heavy atom. The van der Waals surface area contributed by atoms with Crippen molar-refractivity contribution in [2.75, 3.05) is 32.6 Å². The second-order valence-corrected chi connectivity index (χ2v) is 8.16. The molecular weight excluding hydrogens is 370 g/mol. The molecule has 0 bridgehead atoms. The average Bonchev–Trinajstić information content (AvgIpc) is 2.69. The van der Waals surface area contributed by atoms with Crippen molar-refractivity contribution in [1.29, 1.82) is 0 Å². The van der Waals surface area contributed by atoms with E-state index < -0.39 is 10.0 Å². The first-order valence-corrected chi connectivity index (χ1v) is 10.4. The Morgan fingerprint density at radius 1 is 1.15 bits per heavy atom. The van der Waals surface area contributed by atoms with E-state index in [1.165, 1.54) is 11.4 Å². The summed E-state index contributed by atoms with van der Waals surface area (Å²) in [4.78, 5) is 8.05. The molecule has 1 aromatic carbocycles. The minimum absolute atomic E-state index is 0.0451. The minimum atomic E-state index is -3.35. The van der Waals surface area contributed by atoms with Gasteiger partial charge in [-0.05, 0) is 25.0 Å². The van der Waals surface area contributed by atoms with Gasteiger partial charge in [0, 0.05) is 25.4 Å². The number of hydrogen-bond acceptors (Lipinski definition) is 7. The van der Waals surface area contributed by atoms with Crippen LogP contribution in [0, 0.1) is 0 Å². The third-order valence-electron chi connectivity index (χ3n) is 4.23. The maximum Gasteiger partial charge on any atom is 0.319 e. The maximum absolute atomic E-state index is 12.5. The van der Waals surface area contributed by atoms with E-state index in [2.05, 4.69) is 9.97 Å². The van der Waals surface area contributed by atoms with E-state index in [0.29, 0.717) is 37.6 Å². The minimum Gasteiger partial charge on any atom is -0.492 e. The molecule has 1 saturated heterocycles. The lowest BCUT2D eigenvalue weighted by atomic mass is 10.1. The SMILES string of the molecule is COc1nccc(OC2CCN(S(=O)(=O)CCOc3ccccc3)CC2)n1. The Morgan fingerprint density at radius 2 is 1.89 bits per heavy atom. The normalized spacial score (nSPS) is 16.0. The second-order valence-electron chi connectivity index (χ2n) is 6.08. The first-order valence-electron chi connectivity index (χ1n) is 8.76. The summed E-state index contributed by atoms with van der Waals surface area (Å²) >= 11 is 0. The smallest absolute Gasteiger partial charge is 0.319 e. The van der Waals surface area contributed by atoms with Gasteiger partial charge in [0.25, 0.3) is 0 Å². The molecule has 0 unspecified atom stereocenters. The summed E-state index contributed by atoms with van der Waals surface area (Å²) in [6, 6.07) is 11.1. The lowest BCUT2D eigenvalue weighted by Gasteiger charge is -2.31. The number of aromatic nitrogens is 2. The lowest BCUT2D eigenvalue weighted by Crippen LogP contribution is -2.43. The molecule has 0 saturated carbocycles. The Bertz CT molecular complexity index is 824. The first kappa shape index (κ1) is 19.4. The molecule has 0 spiro atoms. The van der Waals surface area contributed by atoms with Crippen molar-refractivity contribution in [3.05, 3.63) is 42.6 Å². The van der Waals surface area contributed by atoms with Gasteiger partial charge in [-0.2, -0.15) is 4.98 Å². The average molecular weight is 393 g/mol. The highest BCUT2D eigenvalue weighted by atomic mass is 32.2. The van der Waals surface area contributed by atoms with Gasteiger partial charge in [0.15, 0.2) is 0 Å². The van der Waals surface area contributed by atoms with E-state index in [1.54, 1.807) is 24.4 Å². The van der Waals surface area contributed by atoms with Gasteiger partial charge >= 0.3 is 6.01 Å². The molecule has 0 atom stereocenters. The Labute approximate surface area is 159 Å². The number of hydrogen-bond donors (Lipinski definition) is 0. The van der Waals surface area contributed by atoms with E-state index in [-0.39, 0.29) is 24.5 Å². The fourth-order valence-corrected chi connectivity index (χ4v) is 4.12. The van der Waals surface area contributed by atoms with Crippen LogP contribution in [-0.4, -0.2) is 61.4 Å². The third-order valence-corrected chi connectivity index (χ3v) is 6.06. The second kappa shape index (κ2) is 9.01. The monoisotopic (exact) mass is 393 g/mol. The molecular formula is C18H23N3O5S. The van der Waals surface area contributed by atoms with Crippen LogP contribution in [0.15, 0.2) is 42.6 Å². The van der Waals surface area contributed by atoms with E-state index >= 15 is 0 Å². The van der Waals surface area contributed by atoms with Gasteiger partial charge in [-0.3, -0.25) is 0 Å². The van der Waals surface area contributed by atoms with Crippen molar-refractivity contribution < 1.29 is 22.6 Å². The fourth-order valence-electron chi connectivity index (χ4n) is 2.80. The van der Waals surface area contributed by atoms with Crippen molar-refractivity contribution in [2.45, 2.75) is 18.9 Å². The van der Waals surface area contributed by atoms with Crippen molar-refractivity contribution >= 4 is 10.0 Å². The molecule has 1 fully saturated rings. The molecule has 1 aliphatic heterocycles. The Hall–Kier alpha value is -2.39. The van der Waals surface area contributed by atoms with E-state index in [4.69, 9.17) is 14.2 Å². The van der Waals surface area contributed by atoms with E-state index in [9.17, 15) is 8.42 Å². The molecule has 0 aliphatic carbocycles. The maximum atomic E-state index is 12.5. The molecule has 1 aliphatic rings. The Balaban J connectivity index is 1.46. The predicted octanol–water partition coefficient (Wildman–Crippen LogP) is 1.74. The molecule has 8 nitrogen and oxygen atoms in total. The van der Waals surface area contributed by atoms with E-state index in [1.807, 2.05) is 18.2 Å². The highest BCUT2D eigenvalue weighted by Gasteiger charge is 2.29. The van der Waals surface area contributed by atoms with Crippen LogP contribution < -0.4 is 14.2 Å². The molecule has 2 heterocycles. The number of benzene rings is 1. The molecule has 27 heavy (non-hydrogen) atoms. The highest BCUT2D eigenvalue weighted by Crippen LogP contribution is 2.20. The number of nitrogens with zero attached hydrogens (tertiary/aromatic N) is 3. The van der Waals surface area contributed by atoms with Crippen molar-refractivity contribution in [1.82, 2.24) is 14.3 Å². The summed E-state index contributed by atoms with van der Waals surface area (Å²) in [6.45, 7) is 0.963. The van der Waals surface area contributed by atoms with Gasteiger partial charge in [0.2, 0.25) is 15.9 Å². The summed E-state index contributed by atoms with van der Waals surface area (Å²) in [5.41, 5.74) is 0. The number of ether oxygens (including phenoxy) is 3. The largest absolute Gasteiger partial charge is 0.492 e. The number of sulfonamides is 1. The van der Waals surface area contributed by atoms with Crippen molar-refractivity contribution in [2.24, 2.45) is 0 Å². The zero-order valence-electron chi connectivity index (χ0n) is 15.2. The van der Waals surface area contributed by atoms with Gasteiger partial charge in [-0.1, -0.05) is 18.2 Å². The summed E-state index contributed by atoms with van der Waals surface area (Å²) in [7, 11) is -1.86. The summed E-state index contributed by atoms with van der Waals surface area (Å²) in [5.74, 6) is 1.05. The molecule has 9 heteroatoms. The van der Waals surface area contributed by atoms with Gasteiger partial charge in [-0.25, -0.2) is 17.7 Å². The highest BCUT2D eigenvalue weighted by molar-refractivity contribution is 7.89. The fraction of sp³-hybridized carbons (Fsp3) is 0.444. The number of piperidine rings is 1.